The smallest absolute Gasteiger partial charge is 0.250 e. The number of rotatable bonds is 7. The highest BCUT2D eigenvalue weighted by Crippen LogP contribution is 2.30. The molecule has 1 atom stereocenters. The molecule has 9 heteroatoms. The maximum atomic E-state index is 12.1. The van der Waals surface area contributed by atoms with E-state index in [1.807, 2.05) is 0 Å². The Labute approximate surface area is 131 Å². The van der Waals surface area contributed by atoms with E-state index >= 15 is 0 Å². The lowest BCUT2D eigenvalue weighted by Crippen LogP contribution is -2.45. The van der Waals surface area contributed by atoms with Gasteiger partial charge >= 0.3 is 0 Å². The van der Waals surface area contributed by atoms with Crippen molar-refractivity contribution in [2.24, 2.45) is 0 Å². The lowest BCUT2D eigenvalue weighted by atomic mass is 10.3. The van der Waals surface area contributed by atoms with Gasteiger partial charge < -0.3 is 10.1 Å². The molecule has 0 saturated heterocycles. The van der Waals surface area contributed by atoms with Crippen LogP contribution in [0.3, 0.4) is 0 Å². The van der Waals surface area contributed by atoms with Gasteiger partial charge in [-0.05, 0) is 41.4 Å². The molecule has 0 saturated carbocycles. The van der Waals surface area contributed by atoms with Crippen molar-refractivity contribution in [2.75, 3.05) is 20.3 Å². The molecule has 0 aliphatic heterocycles. The Morgan fingerprint density at radius 2 is 2.20 bits per heavy atom. The highest BCUT2D eigenvalue weighted by molar-refractivity contribution is 9.11. The molecule has 0 aliphatic carbocycles. The summed E-state index contributed by atoms with van der Waals surface area (Å²) in [4.78, 5) is 11.7. The van der Waals surface area contributed by atoms with E-state index in [0.717, 1.165) is 20.7 Å². The molecule has 0 radical (unpaired) electrons. The first-order chi connectivity index (χ1) is 9.27. The van der Waals surface area contributed by atoms with Gasteiger partial charge in [0.15, 0.2) is 0 Å². The van der Waals surface area contributed by atoms with Crippen molar-refractivity contribution in [3.8, 4) is 0 Å². The number of carbonyl (C=O) groups excluding carboxylic acids is 1. The van der Waals surface area contributed by atoms with Crippen LogP contribution in [0.4, 0.5) is 0 Å². The number of carbonyl (C=O) groups is 1. The molecule has 0 aliphatic rings. The third-order valence-corrected chi connectivity index (χ3v) is 6.58. The van der Waals surface area contributed by atoms with Crippen LogP contribution in [-0.4, -0.2) is 40.6 Å². The fourth-order valence-electron chi connectivity index (χ4n) is 1.34. The van der Waals surface area contributed by atoms with Crippen molar-refractivity contribution >= 4 is 43.2 Å². The first-order valence-electron chi connectivity index (χ1n) is 5.83. The molecule has 1 aromatic rings. The lowest BCUT2D eigenvalue weighted by molar-refractivity contribution is -0.122. The predicted octanol–water partition coefficient (Wildman–Crippen LogP) is 1.25. The van der Waals surface area contributed by atoms with Crippen molar-refractivity contribution in [2.45, 2.75) is 24.1 Å². The summed E-state index contributed by atoms with van der Waals surface area (Å²) < 4.78 is 32.3. The number of sulfonamides is 1. The van der Waals surface area contributed by atoms with Crippen molar-refractivity contribution in [1.82, 2.24) is 10.0 Å². The monoisotopic (exact) mass is 384 g/mol. The molecule has 0 fully saturated rings. The van der Waals surface area contributed by atoms with Crippen LogP contribution >= 0.6 is 27.3 Å². The minimum atomic E-state index is -3.69. The molecular weight excluding hydrogens is 368 g/mol. The van der Waals surface area contributed by atoms with Gasteiger partial charge in [-0.2, -0.15) is 4.72 Å². The molecule has 6 nitrogen and oxygen atoms in total. The highest BCUT2D eigenvalue weighted by Gasteiger charge is 2.23. The summed E-state index contributed by atoms with van der Waals surface area (Å²) in [6, 6.07) is 0.713. The van der Waals surface area contributed by atoms with Crippen LogP contribution in [0.5, 0.6) is 0 Å². The average Bonchev–Trinajstić information content (AvgIpc) is 2.70. The normalized spacial score (nSPS) is 13.2. The Balaban J connectivity index is 2.68. The third-order valence-electron chi connectivity index (χ3n) is 2.43. The predicted molar refractivity (Wildman–Crippen MR) is 81.4 cm³/mol. The zero-order chi connectivity index (χ0) is 15.3. The molecule has 0 spiro atoms. The largest absolute Gasteiger partial charge is 0.383 e. The van der Waals surface area contributed by atoms with E-state index < -0.39 is 22.0 Å². The van der Waals surface area contributed by atoms with Gasteiger partial charge in [-0.15, -0.1) is 11.3 Å². The van der Waals surface area contributed by atoms with Gasteiger partial charge in [0.05, 0.1) is 16.4 Å². The van der Waals surface area contributed by atoms with E-state index in [9.17, 15) is 13.2 Å². The molecule has 0 aromatic carbocycles. The van der Waals surface area contributed by atoms with Crippen molar-refractivity contribution in [3.63, 3.8) is 0 Å². The number of thiophene rings is 1. The minimum Gasteiger partial charge on any atom is -0.383 e. The van der Waals surface area contributed by atoms with Crippen LogP contribution in [-0.2, 0) is 19.6 Å². The van der Waals surface area contributed by atoms with Crippen LogP contribution in [0.1, 0.15) is 12.5 Å². The molecule has 20 heavy (non-hydrogen) atoms. The summed E-state index contributed by atoms with van der Waals surface area (Å²) in [5.41, 5.74) is 0.840. The SMILES string of the molecule is COCCNC(=O)C(C)NS(=O)(=O)c1cc(C)c(Br)s1. The second kappa shape index (κ2) is 7.51. The number of nitrogens with one attached hydrogen (secondary N) is 2. The Bertz CT molecular complexity index is 551. The molecule has 0 bridgehead atoms. The van der Waals surface area contributed by atoms with Gasteiger partial charge in [0, 0.05) is 13.7 Å². The van der Waals surface area contributed by atoms with E-state index in [0.29, 0.717) is 13.2 Å². The summed E-state index contributed by atoms with van der Waals surface area (Å²) in [6.45, 7) is 4.02. The van der Waals surface area contributed by atoms with Crippen molar-refractivity contribution in [3.05, 3.63) is 15.4 Å². The quantitative estimate of drug-likeness (QED) is 0.692. The lowest BCUT2D eigenvalue weighted by Gasteiger charge is -2.13. The number of aryl methyl sites for hydroxylation is 1. The van der Waals surface area contributed by atoms with E-state index in [1.165, 1.54) is 14.0 Å². The Morgan fingerprint density at radius 3 is 2.70 bits per heavy atom. The fraction of sp³-hybridized carbons (Fsp3) is 0.545. The summed E-state index contributed by atoms with van der Waals surface area (Å²) in [7, 11) is -2.17. The van der Waals surface area contributed by atoms with Gasteiger partial charge in [-0.1, -0.05) is 0 Å². The number of hydrogen-bond acceptors (Lipinski definition) is 5. The molecule has 1 unspecified atom stereocenters. The Kier molecular flexibility index (Phi) is 6.59. The van der Waals surface area contributed by atoms with Gasteiger partial charge in [0.25, 0.3) is 10.0 Å². The maximum absolute atomic E-state index is 12.1. The number of amides is 1. The number of halogens is 1. The maximum Gasteiger partial charge on any atom is 0.250 e. The summed E-state index contributed by atoms with van der Waals surface area (Å²) in [5, 5.41) is 2.58. The van der Waals surface area contributed by atoms with Gasteiger partial charge in [-0.3, -0.25) is 4.79 Å². The molecule has 1 rings (SSSR count). The van der Waals surface area contributed by atoms with Crippen LogP contribution in [0.2, 0.25) is 0 Å². The molecule has 1 aromatic heterocycles. The second-order valence-corrected chi connectivity index (χ2v) is 8.46. The molecule has 114 valence electrons. The molecular formula is C11H17BrN2O4S2. The Morgan fingerprint density at radius 1 is 1.55 bits per heavy atom. The molecule has 2 N–H and O–H groups in total. The van der Waals surface area contributed by atoms with Crippen LogP contribution < -0.4 is 10.0 Å². The average molecular weight is 385 g/mol. The first-order valence-corrected chi connectivity index (χ1v) is 8.92. The molecule has 1 heterocycles. The Hall–Kier alpha value is -0.480. The van der Waals surface area contributed by atoms with Crippen molar-refractivity contribution in [1.29, 1.82) is 0 Å². The van der Waals surface area contributed by atoms with E-state index in [1.54, 1.807) is 13.0 Å². The van der Waals surface area contributed by atoms with E-state index in [2.05, 4.69) is 26.0 Å². The topological polar surface area (TPSA) is 84.5 Å². The first kappa shape index (κ1) is 17.6. The zero-order valence-electron chi connectivity index (χ0n) is 11.4. The third kappa shape index (κ3) is 4.81. The highest BCUT2D eigenvalue weighted by atomic mass is 79.9. The van der Waals surface area contributed by atoms with Crippen molar-refractivity contribution < 1.29 is 17.9 Å². The van der Waals surface area contributed by atoms with Gasteiger partial charge in [-0.25, -0.2) is 8.42 Å². The standard InChI is InChI=1S/C11H17BrN2O4S2/c1-7-6-9(19-10(7)12)20(16,17)14-8(2)11(15)13-4-5-18-3/h6,8,14H,4-5H2,1-3H3,(H,13,15). The van der Waals surface area contributed by atoms with E-state index in [-0.39, 0.29) is 4.21 Å². The second-order valence-electron chi connectivity index (χ2n) is 4.15. The van der Waals surface area contributed by atoms with Gasteiger partial charge in [0.2, 0.25) is 5.91 Å². The molecule has 1 amide bonds. The van der Waals surface area contributed by atoms with E-state index in [4.69, 9.17) is 4.74 Å². The van der Waals surface area contributed by atoms with Crippen LogP contribution in [0, 0.1) is 6.92 Å². The number of hydrogen-bond donors (Lipinski definition) is 2. The summed E-state index contributed by atoms with van der Waals surface area (Å²) >= 11 is 4.39. The summed E-state index contributed by atoms with van der Waals surface area (Å²) in [5.74, 6) is -0.391. The zero-order valence-corrected chi connectivity index (χ0v) is 14.6. The fourth-order valence-corrected chi connectivity index (χ4v) is 4.78. The summed E-state index contributed by atoms with van der Waals surface area (Å²) in [6.07, 6.45) is 0. The number of methoxy groups -OCH3 is 1. The van der Waals surface area contributed by atoms with Crippen LogP contribution in [0.25, 0.3) is 0 Å². The minimum absolute atomic E-state index is 0.179. The number of ether oxygens (including phenoxy) is 1. The van der Waals surface area contributed by atoms with Crippen LogP contribution in [0.15, 0.2) is 14.1 Å². The van der Waals surface area contributed by atoms with Gasteiger partial charge in [0.1, 0.15) is 4.21 Å².